The fraction of sp³-hybridized carbons (Fsp3) is 0.455. The molecule has 0 saturated heterocycles. The van der Waals surface area contributed by atoms with Crippen LogP contribution in [0.1, 0.15) is 31.3 Å². The molecule has 0 N–H and O–H groups in total. The number of aromatic nitrogens is 3. The van der Waals surface area contributed by atoms with Crippen LogP contribution in [-0.2, 0) is 6.42 Å². The van der Waals surface area contributed by atoms with Gasteiger partial charge < -0.3 is 0 Å². The molecule has 0 aromatic carbocycles. The third-order valence-corrected chi connectivity index (χ3v) is 2.46. The molecular formula is C11H15N3. The molecule has 0 aliphatic rings. The zero-order valence-electron chi connectivity index (χ0n) is 8.70. The van der Waals surface area contributed by atoms with Crippen molar-refractivity contribution in [3.05, 3.63) is 29.7 Å². The van der Waals surface area contributed by atoms with Gasteiger partial charge in [0.1, 0.15) is 5.82 Å². The molecule has 0 radical (unpaired) electrons. The lowest BCUT2D eigenvalue weighted by Gasteiger charge is -2.04. The van der Waals surface area contributed by atoms with Crippen LogP contribution in [0.2, 0.25) is 0 Å². The van der Waals surface area contributed by atoms with Gasteiger partial charge in [-0.15, -0.1) is 10.2 Å². The summed E-state index contributed by atoms with van der Waals surface area (Å²) < 4.78 is 2.13. The van der Waals surface area contributed by atoms with E-state index in [0.717, 1.165) is 17.9 Å². The van der Waals surface area contributed by atoms with Crippen LogP contribution >= 0.6 is 0 Å². The first-order valence-electron chi connectivity index (χ1n) is 5.12. The van der Waals surface area contributed by atoms with Crippen molar-refractivity contribution in [2.75, 3.05) is 0 Å². The van der Waals surface area contributed by atoms with Gasteiger partial charge >= 0.3 is 0 Å². The molecule has 2 aromatic rings. The first-order valence-corrected chi connectivity index (χ1v) is 5.12. The van der Waals surface area contributed by atoms with Crippen LogP contribution in [0.5, 0.6) is 0 Å². The van der Waals surface area contributed by atoms with E-state index in [9.17, 15) is 0 Å². The Morgan fingerprint density at radius 1 is 1.29 bits per heavy atom. The van der Waals surface area contributed by atoms with E-state index < -0.39 is 0 Å². The van der Waals surface area contributed by atoms with Crippen LogP contribution in [0.25, 0.3) is 5.65 Å². The predicted molar refractivity (Wildman–Crippen MR) is 56.3 cm³/mol. The van der Waals surface area contributed by atoms with Crippen molar-refractivity contribution >= 4 is 5.65 Å². The van der Waals surface area contributed by atoms with Gasteiger partial charge in [-0.1, -0.05) is 19.4 Å². The van der Waals surface area contributed by atoms with E-state index in [4.69, 9.17) is 0 Å². The van der Waals surface area contributed by atoms with Gasteiger partial charge in [-0.25, -0.2) is 0 Å². The monoisotopic (exact) mass is 189 g/mol. The Hall–Kier alpha value is -1.38. The molecule has 0 saturated carbocycles. The largest absolute Gasteiger partial charge is 0.284 e. The Morgan fingerprint density at radius 2 is 2.14 bits per heavy atom. The summed E-state index contributed by atoms with van der Waals surface area (Å²) in [6, 6.07) is 6.20. The van der Waals surface area contributed by atoms with Gasteiger partial charge in [-0.3, -0.25) is 4.40 Å². The highest BCUT2D eigenvalue weighted by Gasteiger charge is 2.04. The van der Waals surface area contributed by atoms with E-state index in [-0.39, 0.29) is 0 Å². The lowest BCUT2D eigenvalue weighted by Crippen LogP contribution is -1.98. The quantitative estimate of drug-likeness (QED) is 0.742. The first-order chi connectivity index (χ1) is 6.83. The predicted octanol–water partition coefficient (Wildman–Crippen LogP) is 2.38. The molecule has 0 unspecified atom stereocenters. The van der Waals surface area contributed by atoms with Crippen LogP contribution < -0.4 is 0 Å². The Balaban J connectivity index is 2.46. The minimum absolute atomic E-state index is 0.955. The number of pyridine rings is 1. The summed E-state index contributed by atoms with van der Waals surface area (Å²) >= 11 is 0. The van der Waals surface area contributed by atoms with Crippen molar-refractivity contribution in [2.45, 2.75) is 33.1 Å². The van der Waals surface area contributed by atoms with E-state index in [1.165, 1.54) is 18.5 Å². The molecule has 0 amide bonds. The Morgan fingerprint density at radius 3 is 2.93 bits per heavy atom. The summed E-state index contributed by atoms with van der Waals surface area (Å²) in [5, 5.41) is 8.18. The first kappa shape index (κ1) is 9.19. The standard InChI is InChI=1S/C11H15N3/c1-3-4-6-10-7-5-8-11-13-12-9(2)14(10)11/h5,7-8H,3-4,6H2,1-2H3. The Bertz CT molecular complexity index is 431. The highest BCUT2D eigenvalue weighted by Crippen LogP contribution is 2.10. The average Bonchev–Trinajstić information content (AvgIpc) is 2.58. The van der Waals surface area contributed by atoms with Crippen molar-refractivity contribution in [3.63, 3.8) is 0 Å². The van der Waals surface area contributed by atoms with E-state index in [1.54, 1.807) is 0 Å². The number of aryl methyl sites for hydroxylation is 2. The molecule has 0 bridgehead atoms. The van der Waals surface area contributed by atoms with Gasteiger partial charge in [-0.2, -0.15) is 0 Å². The van der Waals surface area contributed by atoms with Crippen molar-refractivity contribution in [1.82, 2.24) is 14.6 Å². The zero-order valence-corrected chi connectivity index (χ0v) is 8.70. The van der Waals surface area contributed by atoms with Gasteiger partial charge in [0.15, 0.2) is 5.65 Å². The fourth-order valence-electron chi connectivity index (χ4n) is 1.71. The van der Waals surface area contributed by atoms with Gasteiger partial charge in [-0.05, 0) is 31.9 Å². The number of fused-ring (bicyclic) bond motifs is 1. The van der Waals surface area contributed by atoms with Crippen molar-refractivity contribution in [1.29, 1.82) is 0 Å². The molecule has 74 valence electrons. The van der Waals surface area contributed by atoms with Gasteiger partial charge in [0.05, 0.1) is 0 Å². The highest BCUT2D eigenvalue weighted by atomic mass is 15.2. The number of hydrogen-bond donors (Lipinski definition) is 0. The second-order valence-electron chi connectivity index (χ2n) is 3.56. The normalized spacial score (nSPS) is 11.0. The second kappa shape index (κ2) is 3.78. The molecule has 0 aliphatic heterocycles. The van der Waals surface area contributed by atoms with Crippen LogP contribution in [0.3, 0.4) is 0 Å². The van der Waals surface area contributed by atoms with Crippen molar-refractivity contribution in [2.24, 2.45) is 0 Å². The maximum absolute atomic E-state index is 4.10. The van der Waals surface area contributed by atoms with Crippen LogP contribution in [0, 0.1) is 6.92 Å². The van der Waals surface area contributed by atoms with E-state index in [1.807, 2.05) is 13.0 Å². The van der Waals surface area contributed by atoms with E-state index in [0.29, 0.717) is 0 Å². The summed E-state index contributed by atoms with van der Waals surface area (Å²) in [7, 11) is 0. The smallest absolute Gasteiger partial charge is 0.160 e. The number of hydrogen-bond acceptors (Lipinski definition) is 2. The number of rotatable bonds is 3. The Labute approximate surface area is 83.8 Å². The third-order valence-electron chi connectivity index (χ3n) is 2.46. The zero-order chi connectivity index (χ0) is 9.97. The van der Waals surface area contributed by atoms with Crippen molar-refractivity contribution < 1.29 is 0 Å². The Kier molecular flexibility index (Phi) is 2.48. The van der Waals surface area contributed by atoms with Crippen LogP contribution in [-0.4, -0.2) is 14.6 Å². The summed E-state index contributed by atoms with van der Waals surface area (Å²) in [6.45, 7) is 4.20. The van der Waals surface area contributed by atoms with Gasteiger partial charge in [0, 0.05) is 5.69 Å². The van der Waals surface area contributed by atoms with E-state index >= 15 is 0 Å². The topological polar surface area (TPSA) is 30.2 Å². The molecule has 3 nitrogen and oxygen atoms in total. The molecule has 2 aromatic heterocycles. The molecule has 0 spiro atoms. The summed E-state index contributed by atoms with van der Waals surface area (Å²) in [5.41, 5.74) is 2.27. The fourth-order valence-corrected chi connectivity index (χ4v) is 1.71. The van der Waals surface area contributed by atoms with Crippen LogP contribution in [0.4, 0.5) is 0 Å². The third kappa shape index (κ3) is 1.50. The number of unbranched alkanes of at least 4 members (excludes halogenated alkanes) is 1. The highest BCUT2D eigenvalue weighted by molar-refractivity contribution is 5.39. The minimum atomic E-state index is 0.955. The molecule has 3 heteroatoms. The molecular weight excluding hydrogens is 174 g/mol. The SMILES string of the molecule is CCCCc1cccc2nnc(C)n12. The average molecular weight is 189 g/mol. The summed E-state index contributed by atoms with van der Waals surface area (Å²) in [6.07, 6.45) is 3.54. The lowest BCUT2D eigenvalue weighted by molar-refractivity contribution is 0.761. The molecule has 0 aliphatic carbocycles. The molecule has 0 atom stereocenters. The number of nitrogens with zero attached hydrogens (tertiary/aromatic N) is 3. The summed E-state index contributed by atoms with van der Waals surface area (Å²) in [5.74, 6) is 0.978. The molecule has 2 heterocycles. The second-order valence-corrected chi connectivity index (χ2v) is 3.56. The van der Waals surface area contributed by atoms with Gasteiger partial charge in [0.2, 0.25) is 0 Å². The maximum atomic E-state index is 4.10. The molecule has 0 fully saturated rings. The summed E-state index contributed by atoms with van der Waals surface area (Å²) in [4.78, 5) is 0. The molecule has 2 rings (SSSR count). The van der Waals surface area contributed by atoms with E-state index in [2.05, 4.69) is 33.7 Å². The van der Waals surface area contributed by atoms with Gasteiger partial charge in [0.25, 0.3) is 0 Å². The lowest BCUT2D eigenvalue weighted by atomic mass is 10.2. The van der Waals surface area contributed by atoms with Crippen LogP contribution in [0.15, 0.2) is 18.2 Å². The molecule has 14 heavy (non-hydrogen) atoms. The minimum Gasteiger partial charge on any atom is -0.284 e. The van der Waals surface area contributed by atoms with Crippen molar-refractivity contribution in [3.8, 4) is 0 Å². The maximum Gasteiger partial charge on any atom is 0.160 e.